The second-order valence-electron chi connectivity index (χ2n) is 10.7. The molecule has 5 saturated carbocycles. The molecule has 10 atom stereocenters. The Balaban J connectivity index is 0.00000160. The van der Waals surface area contributed by atoms with Crippen molar-refractivity contribution in [3.63, 3.8) is 0 Å². The third-order valence-corrected chi connectivity index (χ3v) is 10.4. The van der Waals surface area contributed by atoms with Gasteiger partial charge in [0.1, 0.15) is 5.78 Å². The number of nitrogens with zero attached hydrogens (tertiary/aromatic N) is 1. The molecule has 6 fully saturated rings. The zero-order valence-electron chi connectivity index (χ0n) is 16.4. The molecule has 0 amide bonds. The first-order valence-electron chi connectivity index (χ1n) is 10.6. The van der Waals surface area contributed by atoms with E-state index in [2.05, 4.69) is 25.3 Å². The molecule has 27 heavy (non-hydrogen) atoms. The molecule has 5 aliphatic carbocycles. The highest BCUT2D eigenvalue weighted by Gasteiger charge is 2.85. The number of hydrogen-bond acceptors (Lipinski definition) is 4. The fourth-order valence-electron chi connectivity index (χ4n) is 9.75. The van der Waals surface area contributed by atoms with E-state index < -0.39 is 6.10 Å². The first kappa shape index (κ1) is 18.6. The van der Waals surface area contributed by atoms with Crippen LogP contribution in [0.3, 0.4) is 0 Å². The van der Waals surface area contributed by atoms with E-state index in [-0.39, 0.29) is 52.4 Å². The minimum absolute atomic E-state index is 0. The average Bonchev–Trinajstić information content (AvgIpc) is 3.14. The monoisotopic (exact) mass is 393 g/mol. The van der Waals surface area contributed by atoms with Crippen molar-refractivity contribution in [1.82, 2.24) is 4.90 Å². The Labute approximate surface area is 167 Å². The maximum Gasteiger partial charge on any atom is 0.140 e. The van der Waals surface area contributed by atoms with E-state index in [0.717, 1.165) is 44.3 Å². The van der Waals surface area contributed by atoms with Gasteiger partial charge in [0.15, 0.2) is 0 Å². The number of aliphatic hydroxyl groups is 2. The van der Waals surface area contributed by atoms with Gasteiger partial charge >= 0.3 is 0 Å². The van der Waals surface area contributed by atoms with Crippen LogP contribution in [-0.2, 0) is 4.79 Å². The van der Waals surface area contributed by atoms with Gasteiger partial charge in [-0.3, -0.25) is 9.69 Å². The zero-order chi connectivity index (χ0) is 18.2. The van der Waals surface area contributed by atoms with E-state index in [4.69, 9.17) is 0 Å². The molecule has 5 heteroatoms. The molecule has 2 N–H and O–H groups in total. The Morgan fingerprint density at radius 2 is 2.04 bits per heavy atom. The van der Waals surface area contributed by atoms with E-state index in [1.165, 1.54) is 0 Å². The standard InChI is InChI=1S/C22H31NO3.ClH/c1-4-23-10-20(3)6-5-17(25)22-15(20)7-13(18(22)23)21-9-12(11(2)19(21)26)14(24)8-16(21)22;/h12-13,15-19,25-26H,2,4-10H2,1,3H3;1H/t12-,13-,15+,16+,17-,18-,19+,20-,21-,22?;/m0./s1. The van der Waals surface area contributed by atoms with Crippen molar-refractivity contribution in [2.45, 2.75) is 64.2 Å². The first-order chi connectivity index (χ1) is 12.3. The molecule has 2 spiro atoms. The number of carbonyl (C=O) groups is 1. The summed E-state index contributed by atoms with van der Waals surface area (Å²) in [5.74, 6) is 1.16. The molecule has 4 nitrogen and oxygen atoms in total. The van der Waals surface area contributed by atoms with E-state index in [1.807, 2.05) is 0 Å². The molecule has 6 rings (SSSR count). The summed E-state index contributed by atoms with van der Waals surface area (Å²) in [7, 11) is 0. The Bertz CT molecular complexity index is 741. The van der Waals surface area contributed by atoms with Crippen LogP contribution in [-0.4, -0.2) is 52.2 Å². The topological polar surface area (TPSA) is 60.8 Å². The van der Waals surface area contributed by atoms with Gasteiger partial charge < -0.3 is 10.2 Å². The quantitative estimate of drug-likeness (QED) is 0.672. The third kappa shape index (κ3) is 1.62. The summed E-state index contributed by atoms with van der Waals surface area (Å²) in [4.78, 5) is 15.6. The molecule has 0 aromatic carbocycles. The summed E-state index contributed by atoms with van der Waals surface area (Å²) in [6.07, 6.45) is 3.50. The van der Waals surface area contributed by atoms with Crippen molar-refractivity contribution < 1.29 is 15.0 Å². The van der Waals surface area contributed by atoms with E-state index in [1.54, 1.807) is 0 Å². The van der Waals surface area contributed by atoms with Gasteiger partial charge in [-0.1, -0.05) is 20.4 Å². The number of hydrogen-bond donors (Lipinski definition) is 2. The molecule has 6 aliphatic rings. The van der Waals surface area contributed by atoms with Crippen LogP contribution in [0.5, 0.6) is 0 Å². The number of carbonyl (C=O) groups excluding carboxylic acids is 1. The van der Waals surface area contributed by atoms with Crippen LogP contribution < -0.4 is 0 Å². The highest BCUT2D eigenvalue weighted by atomic mass is 35.5. The minimum Gasteiger partial charge on any atom is -0.392 e. The summed E-state index contributed by atoms with van der Waals surface area (Å²) >= 11 is 0. The Morgan fingerprint density at radius 3 is 2.74 bits per heavy atom. The van der Waals surface area contributed by atoms with Crippen molar-refractivity contribution in [2.75, 3.05) is 13.1 Å². The van der Waals surface area contributed by atoms with Crippen molar-refractivity contribution in [3.05, 3.63) is 12.2 Å². The summed E-state index contributed by atoms with van der Waals surface area (Å²) in [5.41, 5.74) is 0.598. The highest BCUT2D eigenvalue weighted by Crippen LogP contribution is 2.83. The van der Waals surface area contributed by atoms with Gasteiger partial charge in [-0.25, -0.2) is 0 Å². The number of ketones is 1. The van der Waals surface area contributed by atoms with Crippen LogP contribution >= 0.6 is 12.4 Å². The van der Waals surface area contributed by atoms with Crippen molar-refractivity contribution in [2.24, 2.45) is 39.9 Å². The largest absolute Gasteiger partial charge is 0.392 e. The molecular weight excluding hydrogens is 362 g/mol. The maximum absolute atomic E-state index is 13.0. The number of piperidine rings is 1. The lowest BCUT2D eigenvalue weighted by Crippen LogP contribution is -2.68. The molecule has 0 aromatic rings. The lowest BCUT2D eigenvalue weighted by molar-refractivity contribution is -0.211. The molecule has 1 saturated heterocycles. The van der Waals surface area contributed by atoms with Crippen LogP contribution in [0.25, 0.3) is 0 Å². The Morgan fingerprint density at radius 1 is 1.30 bits per heavy atom. The van der Waals surface area contributed by atoms with Gasteiger partial charge in [-0.2, -0.15) is 0 Å². The van der Waals surface area contributed by atoms with Crippen LogP contribution in [0.2, 0.25) is 0 Å². The zero-order valence-corrected chi connectivity index (χ0v) is 17.2. The van der Waals surface area contributed by atoms with Gasteiger partial charge in [-0.15, -0.1) is 12.4 Å². The Hall–Kier alpha value is -0.420. The van der Waals surface area contributed by atoms with Crippen molar-refractivity contribution in [3.8, 4) is 0 Å². The number of Topliss-reactive ketones (excluding diaryl/α,β-unsaturated/α-hetero) is 1. The molecular formula is C22H32ClNO3. The smallest absolute Gasteiger partial charge is 0.140 e. The molecule has 1 heterocycles. The number of likely N-dealkylation sites (tertiary alicyclic amines) is 1. The molecule has 0 radical (unpaired) electrons. The molecule has 1 aliphatic heterocycles. The second-order valence-corrected chi connectivity index (χ2v) is 10.7. The van der Waals surface area contributed by atoms with Crippen LogP contribution in [0, 0.1) is 39.9 Å². The normalized spacial score (nSPS) is 60.4. The fraction of sp³-hybridized carbons (Fsp3) is 0.864. The summed E-state index contributed by atoms with van der Waals surface area (Å²) in [6, 6.07) is 0.331. The predicted molar refractivity (Wildman–Crippen MR) is 104 cm³/mol. The van der Waals surface area contributed by atoms with Crippen LogP contribution in [0.1, 0.15) is 46.0 Å². The first-order valence-corrected chi connectivity index (χ1v) is 10.6. The van der Waals surface area contributed by atoms with Crippen molar-refractivity contribution in [1.29, 1.82) is 0 Å². The minimum atomic E-state index is -0.561. The number of rotatable bonds is 1. The average molecular weight is 394 g/mol. The maximum atomic E-state index is 13.0. The predicted octanol–water partition coefficient (Wildman–Crippen LogP) is 2.42. The van der Waals surface area contributed by atoms with Gasteiger partial charge in [0.05, 0.1) is 12.2 Å². The third-order valence-electron chi connectivity index (χ3n) is 10.4. The van der Waals surface area contributed by atoms with Gasteiger partial charge in [0.2, 0.25) is 0 Å². The van der Waals surface area contributed by atoms with Crippen LogP contribution in [0.15, 0.2) is 12.2 Å². The van der Waals surface area contributed by atoms with Gasteiger partial charge in [0, 0.05) is 35.8 Å². The summed E-state index contributed by atoms with van der Waals surface area (Å²) in [6.45, 7) is 10.9. The lowest BCUT2D eigenvalue weighted by Gasteiger charge is -2.65. The van der Waals surface area contributed by atoms with Gasteiger partial charge in [0.25, 0.3) is 0 Å². The fourth-order valence-corrected chi connectivity index (χ4v) is 9.75. The number of aliphatic hydroxyl groups excluding tert-OH is 2. The SMILES string of the molecule is C=C1[C@@H]2C[C@]3([C@@H]1O)[C@H]1C[C@H]4C5([C@H]1N(CC)C[C@]4(C)CC[C@@H]5O)[C@@H]3CC2=O.Cl. The molecule has 150 valence electrons. The van der Waals surface area contributed by atoms with E-state index in [9.17, 15) is 15.0 Å². The number of fused-ring (bicyclic) bond motifs is 1. The second kappa shape index (κ2) is 5.19. The van der Waals surface area contributed by atoms with Gasteiger partial charge in [-0.05, 0) is 61.0 Å². The lowest BCUT2D eigenvalue weighted by atomic mass is 9.43. The van der Waals surface area contributed by atoms with E-state index >= 15 is 0 Å². The molecule has 7 bridgehead atoms. The number of halogens is 1. The van der Waals surface area contributed by atoms with Crippen LogP contribution in [0.4, 0.5) is 0 Å². The van der Waals surface area contributed by atoms with E-state index in [0.29, 0.717) is 24.3 Å². The highest BCUT2D eigenvalue weighted by molar-refractivity contribution is 5.87. The van der Waals surface area contributed by atoms with Crippen molar-refractivity contribution >= 4 is 18.2 Å². The summed E-state index contributed by atoms with van der Waals surface area (Å²) in [5, 5.41) is 22.8. The molecule has 0 aromatic heterocycles. The Kier molecular flexibility index (Phi) is 3.57. The summed E-state index contributed by atoms with van der Waals surface area (Å²) < 4.78 is 0. The molecule has 1 unspecified atom stereocenters.